The van der Waals surface area contributed by atoms with Gasteiger partial charge in [-0.25, -0.2) is 0 Å². The van der Waals surface area contributed by atoms with Gasteiger partial charge in [-0.2, -0.15) is 0 Å². The second-order valence-electron chi connectivity index (χ2n) is 5.10. The lowest BCUT2D eigenvalue weighted by Gasteiger charge is -2.39. The maximum Gasteiger partial charge on any atom is 0.0963 e. The lowest BCUT2D eigenvalue weighted by Crippen LogP contribution is -2.44. The molecule has 0 aliphatic carbocycles. The standard InChI is InChI=1S/C14H21FN2/c15-11-14(12-16)6-8-17(9-7-14)10-13-4-2-1-3-5-13/h1-5H,6-12,16H2. The first-order valence-corrected chi connectivity index (χ1v) is 6.30. The van der Waals surface area contributed by atoms with Crippen LogP contribution in [0.2, 0.25) is 0 Å². The van der Waals surface area contributed by atoms with Crippen molar-refractivity contribution in [3.8, 4) is 0 Å². The number of likely N-dealkylation sites (tertiary alicyclic amines) is 1. The summed E-state index contributed by atoms with van der Waals surface area (Å²) in [6.07, 6.45) is 1.76. The number of nitrogens with zero attached hydrogens (tertiary/aromatic N) is 1. The Balaban J connectivity index is 1.87. The van der Waals surface area contributed by atoms with E-state index in [1.165, 1.54) is 5.56 Å². The van der Waals surface area contributed by atoms with Gasteiger partial charge in [0.2, 0.25) is 0 Å². The predicted octanol–water partition coefficient (Wildman–Crippen LogP) is 2.20. The van der Waals surface area contributed by atoms with Gasteiger partial charge in [-0.3, -0.25) is 9.29 Å². The summed E-state index contributed by atoms with van der Waals surface area (Å²) in [5.41, 5.74) is 6.77. The fourth-order valence-electron chi connectivity index (χ4n) is 2.42. The second kappa shape index (κ2) is 5.61. The summed E-state index contributed by atoms with van der Waals surface area (Å²) in [5, 5.41) is 0. The summed E-state index contributed by atoms with van der Waals surface area (Å²) >= 11 is 0. The van der Waals surface area contributed by atoms with E-state index in [1.54, 1.807) is 0 Å². The summed E-state index contributed by atoms with van der Waals surface area (Å²) in [4.78, 5) is 2.39. The Hall–Kier alpha value is -0.930. The molecule has 0 bridgehead atoms. The van der Waals surface area contributed by atoms with Gasteiger partial charge in [-0.15, -0.1) is 0 Å². The van der Waals surface area contributed by atoms with E-state index in [0.29, 0.717) is 6.54 Å². The minimum atomic E-state index is -0.275. The van der Waals surface area contributed by atoms with E-state index in [1.807, 2.05) is 6.07 Å². The van der Waals surface area contributed by atoms with Crippen molar-refractivity contribution in [1.82, 2.24) is 4.90 Å². The van der Waals surface area contributed by atoms with Crippen molar-refractivity contribution in [1.29, 1.82) is 0 Å². The molecular weight excluding hydrogens is 215 g/mol. The van der Waals surface area contributed by atoms with Gasteiger partial charge in [0.25, 0.3) is 0 Å². The summed E-state index contributed by atoms with van der Waals surface area (Å²) in [6.45, 7) is 3.07. The molecule has 0 unspecified atom stereocenters. The monoisotopic (exact) mass is 236 g/mol. The number of hydrogen-bond donors (Lipinski definition) is 1. The molecule has 0 saturated carbocycles. The van der Waals surface area contributed by atoms with Crippen molar-refractivity contribution >= 4 is 0 Å². The fourth-order valence-corrected chi connectivity index (χ4v) is 2.42. The van der Waals surface area contributed by atoms with Crippen LogP contribution in [0.1, 0.15) is 18.4 Å². The lowest BCUT2D eigenvalue weighted by molar-refractivity contribution is 0.0806. The number of benzene rings is 1. The van der Waals surface area contributed by atoms with E-state index in [2.05, 4.69) is 29.2 Å². The molecule has 0 amide bonds. The number of halogens is 1. The first-order valence-electron chi connectivity index (χ1n) is 6.30. The zero-order valence-corrected chi connectivity index (χ0v) is 10.2. The Morgan fingerprint density at radius 1 is 1.18 bits per heavy atom. The largest absolute Gasteiger partial charge is 0.330 e. The maximum atomic E-state index is 13.0. The van der Waals surface area contributed by atoms with Gasteiger partial charge in [0.1, 0.15) is 0 Å². The van der Waals surface area contributed by atoms with E-state index in [9.17, 15) is 4.39 Å². The summed E-state index contributed by atoms with van der Waals surface area (Å²) in [6, 6.07) is 10.4. The molecular formula is C14H21FN2. The average molecular weight is 236 g/mol. The van der Waals surface area contributed by atoms with Gasteiger partial charge in [0.05, 0.1) is 6.67 Å². The highest BCUT2D eigenvalue weighted by Crippen LogP contribution is 2.31. The molecule has 0 atom stereocenters. The smallest absolute Gasteiger partial charge is 0.0963 e. The normalized spacial score (nSPS) is 20.4. The van der Waals surface area contributed by atoms with E-state index in [4.69, 9.17) is 5.73 Å². The first-order chi connectivity index (χ1) is 8.28. The third kappa shape index (κ3) is 3.05. The van der Waals surface area contributed by atoms with Crippen LogP contribution < -0.4 is 5.73 Å². The average Bonchev–Trinajstić information content (AvgIpc) is 2.41. The van der Waals surface area contributed by atoms with Crippen molar-refractivity contribution in [2.24, 2.45) is 11.1 Å². The predicted molar refractivity (Wildman–Crippen MR) is 68.4 cm³/mol. The number of rotatable bonds is 4. The van der Waals surface area contributed by atoms with Gasteiger partial charge in [0.15, 0.2) is 0 Å². The van der Waals surface area contributed by atoms with Gasteiger partial charge in [-0.1, -0.05) is 30.3 Å². The third-order valence-corrected chi connectivity index (χ3v) is 3.88. The minimum absolute atomic E-state index is 0.243. The first kappa shape index (κ1) is 12.5. The highest BCUT2D eigenvalue weighted by atomic mass is 19.1. The van der Waals surface area contributed by atoms with Crippen LogP contribution >= 0.6 is 0 Å². The molecule has 1 saturated heterocycles. The fraction of sp³-hybridized carbons (Fsp3) is 0.571. The summed E-state index contributed by atoms with van der Waals surface area (Å²) < 4.78 is 13.0. The Morgan fingerprint density at radius 3 is 2.35 bits per heavy atom. The number of piperidine rings is 1. The number of nitrogens with two attached hydrogens (primary N) is 1. The summed E-state index contributed by atoms with van der Waals surface area (Å²) in [7, 11) is 0. The van der Waals surface area contributed by atoms with Gasteiger partial charge >= 0.3 is 0 Å². The zero-order chi connectivity index (χ0) is 12.1. The molecule has 1 heterocycles. The SMILES string of the molecule is NCC1(CF)CCN(Cc2ccccc2)CC1. The molecule has 1 aliphatic heterocycles. The topological polar surface area (TPSA) is 29.3 Å². The van der Waals surface area contributed by atoms with Crippen LogP contribution in [0.3, 0.4) is 0 Å². The Bertz CT molecular complexity index is 325. The van der Waals surface area contributed by atoms with Crippen LogP contribution in [-0.2, 0) is 6.54 Å². The molecule has 1 fully saturated rings. The molecule has 0 spiro atoms. The van der Waals surface area contributed by atoms with Crippen molar-refractivity contribution in [2.45, 2.75) is 19.4 Å². The van der Waals surface area contributed by atoms with Crippen molar-refractivity contribution in [2.75, 3.05) is 26.3 Å². The molecule has 2 rings (SSSR count). The Morgan fingerprint density at radius 2 is 1.82 bits per heavy atom. The van der Waals surface area contributed by atoms with E-state index < -0.39 is 0 Å². The van der Waals surface area contributed by atoms with Crippen LogP contribution in [0, 0.1) is 5.41 Å². The van der Waals surface area contributed by atoms with Gasteiger partial charge in [-0.05, 0) is 31.5 Å². The van der Waals surface area contributed by atoms with E-state index in [-0.39, 0.29) is 12.1 Å². The molecule has 3 heteroatoms. The van der Waals surface area contributed by atoms with E-state index >= 15 is 0 Å². The van der Waals surface area contributed by atoms with Gasteiger partial charge < -0.3 is 5.73 Å². The molecule has 1 aliphatic rings. The number of alkyl halides is 1. The molecule has 1 aromatic carbocycles. The lowest BCUT2D eigenvalue weighted by atomic mass is 9.79. The summed E-state index contributed by atoms with van der Waals surface area (Å²) in [5.74, 6) is 0. The van der Waals surface area contributed by atoms with Crippen molar-refractivity contribution in [3.05, 3.63) is 35.9 Å². The quantitative estimate of drug-likeness (QED) is 0.868. The van der Waals surface area contributed by atoms with E-state index in [0.717, 1.165) is 32.5 Å². The van der Waals surface area contributed by atoms with Crippen LogP contribution in [-0.4, -0.2) is 31.2 Å². The molecule has 94 valence electrons. The minimum Gasteiger partial charge on any atom is -0.330 e. The number of hydrogen-bond acceptors (Lipinski definition) is 2. The Labute approximate surface area is 103 Å². The molecule has 1 aromatic rings. The van der Waals surface area contributed by atoms with Crippen LogP contribution in [0.5, 0.6) is 0 Å². The molecule has 0 aromatic heterocycles. The van der Waals surface area contributed by atoms with Crippen molar-refractivity contribution < 1.29 is 4.39 Å². The van der Waals surface area contributed by atoms with Gasteiger partial charge in [0, 0.05) is 18.5 Å². The highest BCUT2D eigenvalue weighted by molar-refractivity contribution is 5.14. The highest BCUT2D eigenvalue weighted by Gasteiger charge is 2.33. The second-order valence-corrected chi connectivity index (χ2v) is 5.10. The molecule has 2 N–H and O–H groups in total. The van der Waals surface area contributed by atoms with Crippen LogP contribution in [0.25, 0.3) is 0 Å². The van der Waals surface area contributed by atoms with Crippen molar-refractivity contribution in [3.63, 3.8) is 0 Å². The van der Waals surface area contributed by atoms with Crippen LogP contribution in [0.15, 0.2) is 30.3 Å². The maximum absolute atomic E-state index is 13.0. The van der Waals surface area contributed by atoms with Crippen LogP contribution in [0.4, 0.5) is 4.39 Å². The zero-order valence-electron chi connectivity index (χ0n) is 10.2. The third-order valence-electron chi connectivity index (χ3n) is 3.88. The molecule has 2 nitrogen and oxygen atoms in total. The molecule has 0 radical (unpaired) electrons. The Kier molecular flexibility index (Phi) is 4.13. The molecule has 17 heavy (non-hydrogen) atoms.